The summed E-state index contributed by atoms with van der Waals surface area (Å²) in [7, 11) is 0. The molecular weight excluding hydrogens is 190 g/mol. The van der Waals surface area contributed by atoms with E-state index in [2.05, 4.69) is 16.8 Å². The van der Waals surface area contributed by atoms with Crippen LogP contribution in [-0.2, 0) is 6.54 Å². The van der Waals surface area contributed by atoms with Crippen LogP contribution in [0.5, 0.6) is 0 Å². The van der Waals surface area contributed by atoms with E-state index >= 15 is 0 Å². The molecule has 0 amide bonds. The second-order valence-electron chi connectivity index (χ2n) is 3.42. The third-order valence-corrected chi connectivity index (χ3v) is 2.31. The fourth-order valence-corrected chi connectivity index (χ4v) is 1.62. The van der Waals surface area contributed by atoms with Gasteiger partial charge in [-0.25, -0.2) is 0 Å². The summed E-state index contributed by atoms with van der Waals surface area (Å²) in [5, 5.41) is 8.99. The van der Waals surface area contributed by atoms with Crippen LogP contribution in [0.4, 0.5) is 5.69 Å². The molecule has 0 aliphatic heterocycles. The molecule has 1 aromatic rings. The van der Waals surface area contributed by atoms with Gasteiger partial charge in [0.2, 0.25) is 0 Å². The number of rotatable bonds is 6. The minimum Gasteiger partial charge on any atom is -0.395 e. The normalized spacial score (nSPS) is 10.3. The van der Waals surface area contributed by atoms with Crippen LogP contribution < -0.4 is 10.6 Å². The van der Waals surface area contributed by atoms with E-state index in [9.17, 15) is 0 Å². The summed E-state index contributed by atoms with van der Waals surface area (Å²) in [6.45, 7) is 4.32. The first-order valence-electron chi connectivity index (χ1n) is 5.32. The summed E-state index contributed by atoms with van der Waals surface area (Å²) < 4.78 is 0. The van der Waals surface area contributed by atoms with Gasteiger partial charge in [-0.05, 0) is 18.1 Å². The number of nitrogens with zero attached hydrogens (tertiary/aromatic N) is 2. The lowest BCUT2D eigenvalue weighted by molar-refractivity contribution is 0.301. The molecule has 0 spiro atoms. The highest BCUT2D eigenvalue weighted by Gasteiger charge is 2.08. The molecule has 0 aliphatic carbocycles. The fourth-order valence-electron chi connectivity index (χ4n) is 1.62. The molecule has 3 N–H and O–H groups in total. The second-order valence-corrected chi connectivity index (χ2v) is 3.42. The van der Waals surface area contributed by atoms with Crippen molar-refractivity contribution in [2.75, 3.05) is 24.6 Å². The largest absolute Gasteiger partial charge is 0.395 e. The Kier molecular flexibility index (Phi) is 5.07. The average molecular weight is 209 g/mol. The maximum atomic E-state index is 8.99. The number of anilines is 1. The molecule has 0 saturated carbocycles. The van der Waals surface area contributed by atoms with Crippen LogP contribution in [0.1, 0.15) is 18.9 Å². The Hall–Kier alpha value is -1.13. The van der Waals surface area contributed by atoms with E-state index in [0.29, 0.717) is 13.1 Å². The van der Waals surface area contributed by atoms with E-state index in [4.69, 9.17) is 10.8 Å². The Morgan fingerprint density at radius 1 is 1.47 bits per heavy atom. The Bertz CT molecular complexity index is 285. The van der Waals surface area contributed by atoms with Crippen LogP contribution in [0.25, 0.3) is 0 Å². The maximum absolute atomic E-state index is 8.99. The van der Waals surface area contributed by atoms with Crippen LogP contribution in [-0.4, -0.2) is 29.8 Å². The summed E-state index contributed by atoms with van der Waals surface area (Å²) in [6, 6.07) is 1.93. The van der Waals surface area contributed by atoms with Crippen LogP contribution in [0.3, 0.4) is 0 Å². The molecule has 0 aliphatic rings. The van der Waals surface area contributed by atoms with Crippen molar-refractivity contribution in [3.63, 3.8) is 0 Å². The van der Waals surface area contributed by atoms with Gasteiger partial charge >= 0.3 is 0 Å². The van der Waals surface area contributed by atoms with Crippen molar-refractivity contribution in [2.24, 2.45) is 5.73 Å². The van der Waals surface area contributed by atoms with Gasteiger partial charge in [-0.1, -0.05) is 6.92 Å². The maximum Gasteiger partial charge on any atom is 0.0606 e. The molecule has 1 rings (SSSR count). The smallest absolute Gasteiger partial charge is 0.0606 e. The van der Waals surface area contributed by atoms with Gasteiger partial charge in [0.1, 0.15) is 0 Å². The Labute approximate surface area is 90.7 Å². The van der Waals surface area contributed by atoms with Gasteiger partial charge < -0.3 is 15.7 Å². The molecule has 0 atom stereocenters. The number of aromatic nitrogens is 1. The van der Waals surface area contributed by atoms with E-state index < -0.39 is 0 Å². The standard InChI is InChI=1S/C11H19N3O/c1-2-5-14(6-7-15)11-9-13-4-3-10(11)8-12/h3-4,9,15H,2,5-8,12H2,1H3. The zero-order valence-electron chi connectivity index (χ0n) is 9.19. The highest BCUT2D eigenvalue weighted by Crippen LogP contribution is 2.18. The molecule has 1 aromatic heterocycles. The quantitative estimate of drug-likeness (QED) is 0.725. The minimum absolute atomic E-state index is 0.152. The lowest BCUT2D eigenvalue weighted by Gasteiger charge is -2.25. The molecule has 0 unspecified atom stereocenters. The highest BCUT2D eigenvalue weighted by atomic mass is 16.3. The van der Waals surface area contributed by atoms with Gasteiger partial charge in [-0.3, -0.25) is 4.98 Å². The summed E-state index contributed by atoms with van der Waals surface area (Å²) in [5.74, 6) is 0. The predicted octanol–water partition coefficient (Wildman–Crippen LogP) is 0.749. The molecule has 1 heterocycles. The lowest BCUT2D eigenvalue weighted by atomic mass is 10.2. The molecular formula is C11H19N3O. The molecule has 0 aromatic carbocycles. The molecule has 0 saturated heterocycles. The summed E-state index contributed by atoms with van der Waals surface area (Å²) >= 11 is 0. The van der Waals surface area contributed by atoms with Crippen molar-refractivity contribution in [3.05, 3.63) is 24.0 Å². The zero-order chi connectivity index (χ0) is 11.1. The predicted molar refractivity (Wildman–Crippen MR) is 61.7 cm³/mol. The number of hydrogen-bond donors (Lipinski definition) is 2. The van der Waals surface area contributed by atoms with Gasteiger partial charge in [0.15, 0.2) is 0 Å². The van der Waals surface area contributed by atoms with Crippen molar-refractivity contribution in [2.45, 2.75) is 19.9 Å². The summed E-state index contributed by atoms with van der Waals surface area (Å²) in [5.41, 5.74) is 7.78. The summed E-state index contributed by atoms with van der Waals surface area (Å²) in [4.78, 5) is 6.22. The summed E-state index contributed by atoms with van der Waals surface area (Å²) in [6.07, 6.45) is 4.60. The van der Waals surface area contributed by atoms with Crippen molar-refractivity contribution < 1.29 is 5.11 Å². The number of pyridine rings is 1. The Morgan fingerprint density at radius 3 is 2.87 bits per heavy atom. The Morgan fingerprint density at radius 2 is 2.27 bits per heavy atom. The molecule has 0 radical (unpaired) electrons. The fraction of sp³-hybridized carbons (Fsp3) is 0.545. The van der Waals surface area contributed by atoms with Crippen LogP contribution in [0.2, 0.25) is 0 Å². The lowest BCUT2D eigenvalue weighted by Crippen LogP contribution is -2.28. The molecule has 4 heteroatoms. The minimum atomic E-state index is 0.152. The third kappa shape index (κ3) is 3.18. The van der Waals surface area contributed by atoms with Gasteiger partial charge in [0.25, 0.3) is 0 Å². The molecule has 0 bridgehead atoms. The van der Waals surface area contributed by atoms with Crippen molar-refractivity contribution in [3.8, 4) is 0 Å². The number of nitrogens with two attached hydrogens (primary N) is 1. The first-order chi connectivity index (χ1) is 7.33. The number of aliphatic hydroxyl groups is 1. The van der Waals surface area contributed by atoms with Crippen LogP contribution in [0, 0.1) is 0 Å². The van der Waals surface area contributed by atoms with Gasteiger partial charge in [0.05, 0.1) is 18.5 Å². The van der Waals surface area contributed by atoms with E-state index in [-0.39, 0.29) is 6.61 Å². The van der Waals surface area contributed by atoms with Crippen molar-refractivity contribution in [1.82, 2.24) is 4.98 Å². The van der Waals surface area contributed by atoms with Crippen LogP contribution >= 0.6 is 0 Å². The van der Waals surface area contributed by atoms with Crippen molar-refractivity contribution >= 4 is 5.69 Å². The average Bonchev–Trinajstić information content (AvgIpc) is 2.29. The second kappa shape index (κ2) is 6.37. The SMILES string of the molecule is CCCN(CCO)c1cnccc1CN. The molecule has 15 heavy (non-hydrogen) atoms. The van der Waals surface area contributed by atoms with Gasteiger partial charge in [-0.2, -0.15) is 0 Å². The van der Waals surface area contributed by atoms with E-state index in [1.165, 1.54) is 0 Å². The van der Waals surface area contributed by atoms with Gasteiger partial charge in [0, 0.05) is 25.8 Å². The number of hydrogen-bond acceptors (Lipinski definition) is 4. The first-order valence-corrected chi connectivity index (χ1v) is 5.32. The zero-order valence-corrected chi connectivity index (χ0v) is 9.19. The molecule has 84 valence electrons. The first kappa shape index (κ1) is 11.9. The van der Waals surface area contributed by atoms with Gasteiger partial charge in [-0.15, -0.1) is 0 Å². The third-order valence-electron chi connectivity index (χ3n) is 2.31. The van der Waals surface area contributed by atoms with E-state index in [0.717, 1.165) is 24.2 Å². The van der Waals surface area contributed by atoms with Crippen molar-refractivity contribution in [1.29, 1.82) is 0 Å². The topological polar surface area (TPSA) is 62.4 Å². The van der Waals surface area contributed by atoms with E-state index in [1.807, 2.05) is 12.3 Å². The Balaban J connectivity index is 2.88. The molecule has 0 fully saturated rings. The number of aliphatic hydroxyl groups excluding tert-OH is 1. The van der Waals surface area contributed by atoms with E-state index in [1.54, 1.807) is 6.20 Å². The highest BCUT2D eigenvalue weighted by molar-refractivity contribution is 5.51. The molecule has 4 nitrogen and oxygen atoms in total. The monoisotopic (exact) mass is 209 g/mol. The van der Waals surface area contributed by atoms with Crippen LogP contribution in [0.15, 0.2) is 18.5 Å².